The van der Waals surface area contributed by atoms with Crippen LogP contribution in [-0.4, -0.2) is 28.3 Å². The van der Waals surface area contributed by atoms with Gasteiger partial charge in [0.2, 0.25) is 0 Å². The molecule has 0 amide bonds. The van der Waals surface area contributed by atoms with Gasteiger partial charge in [0.05, 0.1) is 12.0 Å². The van der Waals surface area contributed by atoms with E-state index in [-0.39, 0.29) is 18.9 Å². The first-order chi connectivity index (χ1) is 6.00. The number of aliphatic carboxylic acids is 1. The average Bonchev–Trinajstić information content (AvgIpc) is 2.05. The molecule has 13 heavy (non-hydrogen) atoms. The largest absolute Gasteiger partial charge is 0.481 e. The van der Waals surface area contributed by atoms with Crippen LogP contribution in [-0.2, 0) is 4.79 Å². The van der Waals surface area contributed by atoms with Crippen LogP contribution in [0.25, 0.3) is 0 Å². The second-order valence-electron chi connectivity index (χ2n) is 3.39. The molecule has 0 radical (unpaired) electrons. The Morgan fingerprint density at radius 1 is 1.46 bits per heavy atom. The van der Waals surface area contributed by atoms with Crippen LogP contribution in [0.15, 0.2) is 0 Å². The Kier molecular flexibility index (Phi) is 4.95. The summed E-state index contributed by atoms with van der Waals surface area (Å²) in [6, 6.07) is 0. The molecule has 1 unspecified atom stereocenters. The zero-order chi connectivity index (χ0) is 10.5. The highest BCUT2D eigenvalue weighted by atomic mass is 16.4. The highest BCUT2D eigenvalue weighted by Crippen LogP contribution is 2.26. The van der Waals surface area contributed by atoms with Crippen molar-refractivity contribution in [1.29, 1.82) is 0 Å². The monoisotopic (exact) mass is 189 g/mol. The fraction of sp³-hybridized carbons (Fsp3) is 0.889. The van der Waals surface area contributed by atoms with Crippen molar-refractivity contribution in [2.75, 3.05) is 6.54 Å². The highest BCUT2D eigenvalue weighted by molar-refractivity contribution is 5.68. The molecule has 4 heteroatoms. The standard InChI is InChI=1S/C9H19NO3/c1-3-7(4-2)9(13,6-10)5-8(11)12/h7,13H,3-6,10H2,1-2H3,(H,11,12). The van der Waals surface area contributed by atoms with Crippen LogP contribution in [0.1, 0.15) is 33.1 Å². The van der Waals surface area contributed by atoms with Crippen LogP contribution >= 0.6 is 0 Å². The van der Waals surface area contributed by atoms with Gasteiger partial charge in [-0.1, -0.05) is 26.7 Å². The summed E-state index contributed by atoms with van der Waals surface area (Å²) in [5, 5.41) is 18.5. The molecule has 0 bridgehead atoms. The average molecular weight is 189 g/mol. The zero-order valence-electron chi connectivity index (χ0n) is 8.29. The van der Waals surface area contributed by atoms with Gasteiger partial charge in [-0.3, -0.25) is 4.79 Å². The third-order valence-electron chi connectivity index (χ3n) is 2.56. The molecule has 0 saturated heterocycles. The van der Waals surface area contributed by atoms with Crippen molar-refractivity contribution in [3.05, 3.63) is 0 Å². The minimum absolute atomic E-state index is 0.00560. The Labute approximate surface area is 78.7 Å². The molecular formula is C9H19NO3. The van der Waals surface area contributed by atoms with E-state index in [9.17, 15) is 9.90 Å². The Morgan fingerprint density at radius 3 is 2.15 bits per heavy atom. The van der Waals surface area contributed by atoms with E-state index in [4.69, 9.17) is 10.8 Å². The molecule has 0 heterocycles. The van der Waals surface area contributed by atoms with E-state index in [2.05, 4.69) is 0 Å². The Morgan fingerprint density at radius 2 is 1.92 bits per heavy atom. The summed E-state index contributed by atoms with van der Waals surface area (Å²) in [5.74, 6) is -1.03. The van der Waals surface area contributed by atoms with Crippen LogP contribution in [0, 0.1) is 5.92 Å². The molecular weight excluding hydrogens is 170 g/mol. The van der Waals surface area contributed by atoms with E-state index in [0.717, 1.165) is 12.8 Å². The Hall–Kier alpha value is -0.610. The first-order valence-electron chi connectivity index (χ1n) is 4.64. The summed E-state index contributed by atoms with van der Waals surface area (Å²) in [6.45, 7) is 3.86. The third-order valence-corrected chi connectivity index (χ3v) is 2.56. The normalized spacial score (nSPS) is 15.8. The number of carboxylic acids is 1. The maximum Gasteiger partial charge on any atom is 0.306 e. The topological polar surface area (TPSA) is 83.5 Å². The lowest BCUT2D eigenvalue weighted by Gasteiger charge is -2.32. The van der Waals surface area contributed by atoms with E-state index < -0.39 is 11.6 Å². The second kappa shape index (κ2) is 5.19. The van der Waals surface area contributed by atoms with Crippen LogP contribution in [0.2, 0.25) is 0 Å². The Balaban J connectivity index is 4.48. The smallest absolute Gasteiger partial charge is 0.306 e. The molecule has 0 aliphatic rings. The van der Waals surface area contributed by atoms with Crippen molar-refractivity contribution in [3.63, 3.8) is 0 Å². The van der Waals surface area contributed by atoms with E-state index in [1.165, 1.54) is 0 Å². The fourth-order valence-electron chi connectivity index (χ4n) is 1.69. The lowest BCUT2D eigenvalue weighted by molar-refractivity contribution is -0.144. The van der Waals surface area contributed by atoms with Gasteiger partial charge in [-0.2, -0.15) is 0 Å². The molecule has 0 rings (SSSR count). The van der Waals surface area contributed by atoms with Gasteiger partial charge >= 0.3 is 5.97 Å². The lowest BCUT2D eigenvalue weighted by atomic mass is 9.81. The van der Waals surface area contributed by atoms with Crippen molar-refractivity contribution in [3.8, 4) is 0 Å². The van der Waals surface area contributed by atoms with Gasteiger partial charge in [0.25, 0.3) is 0 Å². The maximum atomic E-state index is 10.5. The molecule has 0 aromatic rings. The first kappa shape index (κ1) is 12.4. The summed E-state index contributed by atoms with van der Waals surface area (Å²) in [6.07, 6.45) is 1.23. The van der Waals surface area contributed by atoms with Gasteiger partial charge in [-0.25, -0.2) is 0 Å². The van der Waals surface area contributed by atoms with Crippen molar-refractivity contribution in [1.82, 2.24) is 0 Å². The summed E-state index contributed by atoms with van der Waals surface area (Å²) in [4.78, 5) is 10.5. The predicted octanol–water partition coefficient (Wildman–Crippen LogP) is 0.587. The molecule has 0 aliphatic heterocycles. The molecule has 0 aromatic heterocycles. The molecule has 78 valence electrons. The summed E-state index contributed by atoms with van der Waals surface area (Å²) < 4.78 is 0. The van der Waals surface area contributed by atoms with Gasteiger partial charge in [-0.05, 0) is 5.92 Å². The quantitative estimate of drug-likeness (QED) is 0.571. The number of carbonyl (C=O) groups is 1. The van der Waals surface area contributed by atoms with E-state index >= 15 is 0 Å². The van der Waals surface area contributed by atoms with Gasteiger partial charge < -0.3 is 15.9 Å². The van der Waals surface area contributed by atoms with E-state index in [0.29, 0.717) is 0 Å². The number of carboxylic acid groups (broad SMARTS) is 1. The summed E-state index contributed by atoms with van der Waals surface area (Å²) >= 11 is 0. The predicted molar refractivity (Wildman–Crippen MR) is 50.3 cm³/mol. The number of rotatable bonds is 6. The van der Waals surface area contributed by atoms with Crippen molar-refractivity contribution in [2.45, 2.75) is 38.7 Å². The fourth-order valence-corrected chi connectivity index (χ4v) is 1.69. The molecule has 1 atom stereocenters. The second-order valence-corrected chi connectivity index (χ2v) is 3.39. The molecule has 4 N–H and O–H groups in total. The number of hydrogen-bond acceptors (Lipinski definition) is 3. The number of aliphatic hydroxyl groups is 1. The summed E-state index contributed by atoms with van der Waals surface area (Å²) in [7, 11) is 0. The van der Waals surface area contributed by atoms with E-state index in [1.54, 1.807) is 0 Å². The summed E-state index contributed by atoms with van der Waals surface area (Å²) in [5.41, 5.74) is 4.15. The van der Waals surface area contributed by atoms with Crippen molar-refractivity contribution >= 4 is 5.97 Å². The molecule has 0 spiro atoms. The van der Waals surface area contributed by atoms with Gasteiger partial charge in [0.1, 0.15) is 0 Å². The van der Waals surface area contributed by atoms with Crippen molar-refractivity contribution in [2.24, 2.45) is 11.7 Å². The molecule has 0 aromatic carbocycles. The van der Waals surface area contributed by atoms with Crippen LogP contribution in [0.4, 0.5) is 0 Å². The van der Waals surface area contributed by atoms with Gasteiger partial charge in [0, 0.05) is 6.54 Å². The first-order valence-corrected chi connectivity index (χ1v) is 4.64. The Bertz CT molecular complexity index is 168. The van der Waals surface area contributed by atoms with E-state index in [1.807, 2.05) is 13.8 Å². The molecule has 4 nitrogen and oxygen atoms in total. The van der Waals surface area contributed by atoms with Crippen molar-refractivity contribution < 1.29 is 15.0 Å². The third kappa shape index (κ3) is 3.32. The van der Waals surface area contributed by atoms with Crippen LogP contribution in [0.5, 0.6) is 0 Å². The minimum atomic E-state index is -1.24. The number of hydrogen-bond donors (Lipinski definition) is 3. The number of nitrogens with two attached hydrogens (primary N) is 1. The lowest BCUT2D eigenvalue weighted by Crippen LogP contribution is -2.46. The SMILES string of the molecule is CCC(CC)C(O)(CN)CC(=O)O. The van der Waals surface area contributed by atoms with Crippen LogP contribution < -0.4 is 5.73 Å². The maximum absolute atomic E-state index is 10.5. The zero-order valence-corrected chi connectivity index (χ0v) is 8.29. The molecule has 0 fully saturated rings. The van der Waals surface area contributed by atoms with Gasteiger partial charge in [0.15, 0.2) is 0 Å². The molecule has 0 saturated carbocycles. The van der Waals surface area contributed by atoms with Gasteiger partial charge in [-0.15, -0.1) is 0 Å². The highest BCUT2D eigenvalue weighted by Gasteiger charge is 2.35. The van der Waals surface area contributed by atoms with Crippen LogP contribution in [0.3, 0.4) is 0 Å². The molecule has 0 aliphatic carbocycles. The minimum Gasteiger partial charge on any atom is -0.481 e.